The van der Waals surface area contributed by atoms with Gasteiger partial charge in [0.2, 0.25) is 11.8 Å². The fraction of sp³-hybridized carbons (Fsp3) is 0.562. The SMILES string of the molecule is C=C.CC.CC.CO[C@](F)(CO)CCn1cnc2c(=O)[nH]c(N)nc21. The van der Waals surface area contributed by atoms with E-state index < -0.39 is 18.0 Å². The van der Waals surface area contributed by atoms with Gasteiger partial charge in [-0.3, -0.25) is 9.78 Å². The van der Waals surface area contributed by atoms with Gasteiger partial charge in [0.15, 0.2) is 11.2 Å². The number of hydrogen-bond acceptors (Lipinski definition) is 6. The molecule has 0 aliphatic heterocycles. The number of nitrogens with two attached hydrogens (primary N) is 1. The van der Waals surface area contributed by atoms with Gasteiger partial charge in [0.1, 0.15) is 6.61 Å². The van der Waals surface area contributed by atoms with E-state index in [0.717, 1.165) is 0 Å². The molecule has 0 saturated carbocycles. The predicted octanol–water partition coefficient (Wildman–Crippen LogP) is 2.25. The summed E-state index contributed by atoms with van der Waals surface area (Å²) in [7, 11) is 1.17. The summed E-state index contributed by atoms with van der Waals surface area (Å²) in [6.45, 7) is 13.4. The number of anilines is 1. The number of ether oxygens (including phenoxy) is 1. The third kappa shape index (κ3) is 7.02. The van der Waals surface area contributed by atoms with Gasteiger partial charge in [-0.25, -0.2) is 9.37 Å². The Hall–Kier alpha value is -2.26. The van der Waals surface area contributed by atoms with E-state index in [4.69, 9.17) is 10.8 Å². The molecule has 8 nitrogen and oxygen atoms in total. The maximum Gasteiger partial charge on any atom is 0.280 e. The van der Waals surface area contributed by atoms with Crippen molar-refractivity contribution in [1.82, 2.24) is 19.5 Å². The number of aromatic nitrogens is 4. The molecule has 2 aromatic heterocycles. The van der Waals surface area contributed by atoms with Gasteiger partial charge < -0.3 is 20.1 Å². The Balaban J connectivity index is 0. The van der Waals surface area contributed by atoms with E-state index in [1.807, 2.05) is 27.7 Å². The van der Waals surface area contributed by atoms with E-state index in [9.17, 15) is 9.18 Å². The summed E-state index contributed by atoms with van der Waals surface area (Å²) < 4.78 is 19.8. The van der Waals surface area contributed by atoms with Crippen molar-refractivity contribution in [2.75, 3.05) is 19.5 Å². The molecule has 0 spiro atoms. The van der Waals surface area contributed by atoms with Gasteiger partial charge in [-0.1, -0.05) is 27.7 Å². The van der Waals surface area contributed by atoms with Crippen LogP contribution in [-0.4, -0.2) is 44.2 Å². The number of aliphatic hydroxyl groups excluding tert-OH is 1. The highest BCUT2D eigenvalue weighted by molar-refractivity contribution is 5.70. The highest BCUT2D eigenvalue weighted by atomic mass is 19.2. The minimum Gasteiger partial charge on any atom is -0.390 e. The second-order valence-electron chi connectivity index (χ2n) is 4.06. The molecule has 9 heteroatoms. The van der Waals surface area contributed by atoms with Gasteiger partial charge in [0.25, 0.3) is 5.56 Å². The van der Waals surface area contributed by atoms with E-state index >= 15 is 0 Å². The number of nitrogen functional groups attached to an aromatic ring is 1. The number of aryl methyl sites for hydroxylation is 1. The van der Waals surface area contributed by atoms with Crippen molar-refractivity contribution in [3.8, 4) is 0 Å². The smallest absolute Gasteiger partial charge is 0.280 e. The van der Waals surface area contributed by atoms with Gasteiger partial charge in [0.05, 0.1) is 6.33 Å². The lowest BCUT2D eigenvalue weighted by Crippen LogP contribution is -2.31. The van der Waals surface area contributed by atoms with Crippen LogP contribution in [0.15, 0.2) is 24.3 Å². The maximum atomic E-state index is 13.8. The maximum absolute atomic E-state index is 13.8. The fourth-order valence-electron chi connectivity index (χ4n) is 1.67. The van der Waals surface area contributed by atoms with E-state index in [2.05, 4.69) is 32.8 Å². The number of imidazole rings is 1. The molecule has 1 atom stereocenters. The predicted molar refractivity (Wildman–Crippen MR) is 99.1 cm³/mol. The Labute approximate surface area is 147 Å². The summed E-state index contributed by atoms with van der Waals surface area (Å²) >= 11 is 0. The lowest BCUT2D eigenvalue weighted by molar-refractivity contribution is -0.156. The van der Waals surface area contributed by atoms with Crippen LogP contribution in [-0.2, 0) is 11.3 Å². The number of alkyl halides is 1. The number of fused-ring (bicyclic) bond motifs is 1. The van der Waals surface area contributed by atoms with Crippen molar-refractivity contribution < 1.29 is 14.2 Å². The number of hydrogen-bond donors (Lipinski definition) is 3. The molecule has 0 saturated heterocycles. The molecule has 25 heavy (non-hydrogen) atoms. The van der Waals surface area contributed by atoms with Crippen molar-refractivity contribution in [1.29, 1.82) is 0 Å². The zero-order valence-corrected chi connectivity index (χ0v) is 15.7. The van der Waals surface area contributed by atoms with Crippen molar-refractivity contribution in [2.24, 2.45) is 0 Å². The summed E-state index contributed by atoms with van der Waals surface area (Å²) in [6.07, 6.45) is 1.25. The summed E-state index contributed by atoms with van der Waals surface area (Å²) in [5.74, 6) is -2.18. The van der Waals surface area contributed by atoms with E-state index in [-0.39, 0.29) is 30.1 Å². The topological polar surface area (TPSA) is 119 Å². The minimum atomic E-state index is -2.14. The van der Waals surface area contributed by atoms with Gasteiger partial charge in [-0.15, -0.1) is 13.2 Å². The third-order valence-electron chi connectivity index (χ3n) is 2.82. The molecular formula is C16H30FN5O3. The summed E-state index contributed by atoms with van der Waals surface area (Å²) in [5, 5.41) is 8.90. The van der Waals surface area contributed by atoms with Crippen LogP contribution in [0.1, 0.15) is 34.1 Å². The minimum absolute atomic E-state index is 0.0420. The van der Waals surface area contributed by atoms with Gasteiger partial charge in [-0.2, -0.15) is 4.98 Å². The number of H-pyrrole nitrogens is 1. The molecule has 0 aliphatic carbocycles. The lowest BCUT2D eigenvalue weighted by Gasteiger charge is -2.20. The summed E-state index contributed by atoms with van der Waals surface area (Å²) in [4.78, 5) is 21.7. The lowest BCUT2D eigenvalue weighted by atomic mass is 10.2. The van der Waals surface area contributed by atoms with Crippen molar-refractivity contribution in [2.45, 2.75) is 46.5 Å². The molecular weight excluding hydrogens is 329 g/mol. The molecule has 0 unspecified atom stereocenters. The second kappa shape index (κ2) is 13.1. The Kier molecular flexibility index (Phi) is 13.1. The molecule has 2 rings (SSSR count). The van der Waals surface area contributed by atoms with Gasteiger partial charge in [-0.05, 0) is 0 Å². The highest BCUT2D eigenvalue weighted by Crippen LogP contribution is 2.18. The number of rotatable bonds is 5. The Morgan fingerprint density at radius 1 is 1.40 bits per heavy atom. The molecule has 0 aliphatic rings. The van der Waals surface area contributed by atoms with E-state index in [0.29, 0.717) is 0 Å². The molecule has 0 aromatic carbocycles. The first kappa shape index (κ1) is 25.0. The molecule has 2 heterocycles. The number of aliphatic hydroxyl groups is 1. The number of nitrogens with zero attached hydrogens (tertiary/aromatic N) is 3. The Bertz CT molecular complexity index is 653. The number of halogens is 1. The highest BCUT2D eigenvalue weighted by Gasteiger charge is 2.28. The zero-order valence-electron chi connectivity index (χ0n) is 15.7. The van der Waals surface area contributed by atoms with Crippen molar-refractivity contribution >= 4 is 17.1 Å². The molecule has 4 N–H and O–H groups in total. The van der Waals surface area contributed by atoms with Crippen LogP contribution >= 0.6 is 0 Å². The van der Waals surface area contributed by atoms with Crippen molar-refractivity contribution in [3.05, 3.63) is 29.8 Å². The first-order valence-corrected chi connectivity index (χ1v) is 8.04. The molecule has 0 fully saturated rings. The largest absolute Gasteiger partial charge is 0.390 e. The quantitative estimate of drug-likeness (QED) is 0.705. The second-order valence-corrected chi connectivity index (χ2v) is 4.06. The normalized spacial score (nSPS) is 11.8. The summed E-state index contributed by atoms with van der Waals surface area (Å²) in [5.41, 5.74) is 5.37. The van der Waals surface area contributed by atoms with Crippen LogP contribution < -0.4 is 11.3 Å². The van der Waals surface area contributed by atoms with Crippen LogP contribution in [0.4, 0.5) is 10.3 Å². The molecule has 0 amide bonds. The summed E-state index contributed by atoms with van der Waals surface area (Å²) in [6, 6.07) is 0. The van der Waals surface area contributed by atoms with Crippen LogP contribution in [0, 0.1) is 0 Å². The van der Waals surface area contributed by atoms with E-state index in [1.165, 1.54) is 18.0 Å². The number of methoxy groups -OCH3 is 1. The zero-order chi connectivity index (χ0) is 20.0. The average Bonchev–Trinajstić information content (AvgIpc) is 3.08. The van der Waals surface area contributed by atoms with Crippen LogP contribution in [0.25, 0.3) is 11.2 Å². The van der Waals surface area contributed by atoms with Crippen LogP contribution in [0.5, 0.6) is 0 Å². The van der Waals surface area contributed by atoms with E-state index in [1.54, 1.807) is 0 Å². The Morgan fingerprint density at radius 2 is 1.96 bits per heavy atom. The molecule has 2 aromatic rings. The average molecular weight is 359 g/mol. The molecule has 144 valence electrons. The fourth-order valence-corrected chi connectivity index (χ4v) is 1.67. The first-order valence-electron chi connectivity index (χ1n) is 8.04. The van der Waals surface area contributed by atoms with Crippen LogP contribution in [0.3, 0.4) is 0 Å². The molecule has 0 radical (unpaired) electrons. The first-order chi connectivity index (χ1) is 12.0. The number of aromatic amines is 1. The standard InChI is InChI=1S/C10H14FN5O3.2C2H6.C2H4/c1-19-10(11,4-17)2-3-16-5-13-6-7(16)14-9(12)15-8(6)18;3*1-2/h5,17H,2-4H2,1H3,(H3,12,14,15,18);2*1-2H3;1-2H2/t10-;;;/m0.../s1. The van der Waals surface area contributed by atoms with Gasteiger partial charge in [0, 0.05) is 20.1 Å². The monoisotopic (exact) mass is 359 g/mol. The number of nitrogens with one attached hydrogen (secondary N) is 1. The van der Waals surface area contributed by atoms with Crippen LogP contribution in [0.2, 0.25) is 0 Å². The molecule has 0 bridgehead atoms. The third-order valence-corrected chi connectivity index (χ3v) is 2.82. The van der Waals surface area contributed by atoms with Crippen molar-refractivity contribution in [3.63, 3.8) is 0 Å². The Morgan fingerprint density at radius 3 is 2.44 bits per heavy atom. The van der Waals surface area contributed by atoms with Gasteiger partial charge >= 0.3 is 0 Å².